The lowest BCUT2D eigenvalue weighted by atomic mass is 9.98. The Labute approximate surface area is 208 Å². The van der Waals surface area contributed by atoms with Gasteiger partial charge in [-0.1, -0.05) is 42.3 Å². The number of benzene rings is 2. The topological polar surface area (TPSA) is 63.0 Å². The summed E-state index contributed by atoms with van der Waals surface area (Å²) in [4.78, 5) is 31.3. The molecule has 0 aliphatic carbocycles. The Bertz CT molecular complexity index is 1300. The maximum atomic E-state index is 13.7. The van der Waals surface area contributed by atoms with Crippen LogP contribution in [-0.4, -0.2) is 55.1 Å². The van der Waals surface area contributed by atoms with Crippen LogP contribution in [0.3, 0.4) is 0 Å². The number of nitrogens with zero attached hydrogens (tertiary/aromatic N) is 2. The number of morpholine rings is 1. The highest BCUT2D eigenvalue weighted by Gasteiger charge is 2.42. The van der Waals surface area contributed by atoms with Crippen LogP contribution in [0.5, 0.6) is 0 Å². The van der Waals surface area contributed by atoms with Crippen molar-refractivity contribution in [2.75, 3.05) is 39.4 Å². The number of hydrogen-bond acceptors (Lipinski definition) is 5. The van der Waals surface area contributed by atoms with Gasteiger partial charge in [-0.05, 0) is 48.2 Å². The van der Waals surface area contributed by atoms with Crippen LogP contribution in [0.2, 0.25) is 10.0 Å². The summed E-state index contributed by atoms with van der Waals surface area (Å²) in [7, 11) is 0. The Hall–Kier alpha value is -2.38. The highest BCUT2D eigenvalue weighted by Crippen LogP contribution is 2.40. The van der Waals surface area contributed by atoms with E-state index in [4.69, 9.17) is 32.4 Å². The molecular formula is C26H26Cl2N2O4. The van der Waals surface area contributed by atoms with Crippen LogP contribution in [0.4, 0.5) is 0 Å². The Kier molecular flexibility index (Phi) is 6.67. The van der Waals surface area contributed by atoms with Crippen LogP contribution in [0, 0.1) is 0 Å². The number of ether oxygens (including phenoxy) is 1. The van der Waals surface area contributed by atoms with E-state index in [1.54, 1.807) is 23.1 Å². The molecule has 1 saturated heterocycles. The van der Waals surface area contributed by atoms with E-state index in [1.165, 1.54) is 0 Å². The van der Waals surface area contributed by atoms with Crippen LogP contribution < -0.4 is 5.43 Å². The van der Waals surface area contributed by atoms with Crippen LogP contribution in [0.25, 0.3) is 11.0 Å². The van der Waals surface area contributed by atoms with Gasteiger partial charge in [-0.25, -0.2) is 0 Å². The normalized spacial score (nSPS) is 18.6. The molecule has 6 nitrogen and oxygen atoms in total. The first-order chi connectivity index (χ1) is 16.5. The number of rotatable bonds is 6. The largest absolute Gasteiger partial charge is 0.450 e. The van der Waals surface area contributed by atoms with Crippen molar-refractivity contribution in [3.8, 4) is 0 Å². The predicted molar refractivity (Wildman–Crippen MR) is 133 cm³/mol. The van der Waals surface area contributed by atoms with E-state index in [0.29, 0.717) is 33.1 Å². The summed E-state index contributed by atoms with van der Waals surface area (Å²) in [6, 6.07) is 10.2. The van der Waals surface area contributed by atoms with Crippen molar-refractivity contribution in [2.45, 2.75) is 25.8 Å². The molecule has 1 amide bonds. The van der Waals surface area contributed by atoms with E-state index in [0.717, 1.165) is 56.8 Å². The van der Waals surface area contributed by atoms with Crippen LogP contribution in [0.15, 0.2) is 45.6 Å². The highest BCUT2D eigenvalue weighted by molar-refractivity contribution is 6.42. The van der Waals surface area contributed by atoms with Crippen LogP contribution in [0.1, 0.15) is 46.6 Å². The molecular weight excluding hydrogens is 475 g/mol. The zero-order valence-electron chi connectivity index (χ0n) is 19.0. The van der Waals surface area contributed by atoms with Crippen molar-refractivity contribution in [3.05, 3.63) is 79.1 Å². The number of carbonyl (C=O) groups excluding carboxylic acids is 1. The number of amides is 1. The molecule has 2 aliphatic heterocycles. The second-order valence-electron chi connectivity index (χ2n) is 8.74. The number of halogens is 2. The van der Waals surface area contributed by atoms with Crippen molar-refractivity contribution in [1.29, 1.82) is 0 Å². The molecule has 0 bridgehead atoms. The first-order valence-electron chi connectivity index (χ1n) is 11.6. The third-order valence-electron chi connectivity index (χ3n) is 6.67. The number of aryl methyl sites for hydroxylation is 1. The van der Waals surface area contributed by atoms with Crippen molar-refractivity contribution in [3.63, 3.8) is 0 Å². The number of fused-ring (bicyclic) bond motifs is 2. The minimum Gasteiger partial charge on any atom is -0.450 e. The van der Waals surface area contributed by atoms with Gasteiger partial charge in [0.1, 0.15) is 5.58 Å². The zero-order valence-corrected chi connectivity index (χ0v) is 20.5. The van der Waals surface area contributed by atoms with Gasteiger partial charge in [0.25, 0.3) is 5.91 Å². The van der Waals surface area contributed by atoms with Crippen molar-refractivity contribution < 1.29 is 13.9 Å². The summed E-state index contributed by atoms with van der Waals surface area (Å²) in [6.07, 6.45) is 1.57. The molecule has 2 aromatic carbocycles. The summed E-state index contributed by atoms with van der Waals surface area (Å²) < 4.78 is 11.5. The monoisotopic (exact) mass is 500 g/mol. The third kappa shape index (κ3) is 4.24. The van der Waals surface area contributed by atoms with Gasteiger partial charge in [0.2, 0.25) is 5.76 Å². The SMILES string of the molecule is CCc1ccc2oc3c(c(=O)c2c1)C(c1ccc(Cl)c(Cl)c1)N(CCCN1CCOCC1)C3=O. The Morgan fingerprint density at radius 3 is 2.53 bits per heavy atom. The van der Waals surface area contributed by atoms with Crippen molar-refractivity contribution in [1.82, 2.24) is 9.80 Å². The lowest BCUT2D eigenvalue weighted by Crippen LogP contribution is -2.38. The fourth-order valence-corrected chi connectivity index (χ4v) is 5.14. The molecule has 1 unspecified atom stereocenters. The van der Waals surface area contributed by atoms with Gasteiger partial charge in [0.05, 0.1) is 40.3 Å². The van der Waals surface area contributed by atoms with Crippen LogP contribution in [-0.2, 0) is 11.2 Å². The maximum absolute atomic E-state index is 13.7. The van der Waals surface area contributed by atoms with E-state index in [9.17, 15) is 9.59 Å². The molecule has 1 aromatic heterocycles. The number of hydrogen-bond donors (Lipinski definition) is 0. The lowest BCUT2D eigenvalue weighted by Gasteiger charge is -2.29. The van der Waals surface area contributed by atoms with Crippen molar-refractivity contribution in [2.24, 2.45) is 0 Å². The van der Waals surface area contributed by atoms with Gasteiger partial charge in [-0.3, -0.25) is 14.5 Å². The van der Waals surface area contributed by atoms with E-state index < -0.39 is 6.04 Å². The maximum Gasteiger partial charge on any atom is 0.290 e. The molecule has 5 rings (SSSR count). The third-order valence-corrected chi connectivity index (χ3v) is 7.41. The molecule has 8 heteroatoms. The summed E-state index contributed by atoms with van der Waals surface area (Å²) in [6.45, 7) is 6.59. The van der Waals surface area contributed by atoms with Gasteiger partial charge in [0, 0.05) is 26.2 Å². The summed E-state index contributed by atoms with van der Waals surface area (Å²) in [5.74, 6) is -0.157. The first kappa shape index (κ1) is 23.4. The van der Waals surface area contributed by atoms with E-state index in [-0.39, 0.29) is 17.1 Å². The van der Waals surface area contributed by atoms with Crippen molar-refractivity contribution >= 4 is 40.1 Å². The van der Waals surface area contributed by atoms with E-state index in [2.05, 4.69) is 4.90 Å². The Balaban J connectivity index is 1.56. The molecule has 178 valence electrons. The molecule has 2 aliphatic rings. The summed E-state index contributed by atoms with van der Waals surface area (Å²) >= 11 is 12.5. The van der Waals surface area contributed by atoms with Gasteiger partial charge >= 0.3 is 0 Å². The van der Waals surface area contributed by atoms with E-state index in [1.807, 2.05) is 25.1 Å². The van der Waals surface area contributed by atoms with Gasteiger partial charge in [-0.2, -0.15) is 0 Å². The molecule has 3 heterocycles. The zero-order chi connectivity index (χ0) is 23.8. The lowest BCUT2D eigenvalue weighted by molar-refractivity contribution is 0.0353. The van der Waals surface area contributed by atoms with E-state index >= 15 is 0 Å². The standard InChI is InChI=1S/C26H26Cl2N2O4/c1-2-16-4-7-21-18(14-16)24(31)22-23(17-5-6-19(27)20(28)15-17)30(26(32)25(22)34-21)9-3-8-29-10-12-33-13-11-29/h4-7,14-15,23H,2-3,8-13H2,1H3. The first-order valence-corrected chi connectivity index (χ1v) is 12.4. The fourth-order valence-electron chi connectivity index (χ4n) is 4.84. The number of carbonyl (C=O) groups is 1. The second kappa shape index (κ2) is 9.70. The molecule has 3 aromatic rings. The molecule has 34 heavy (non-hydrogen) atoms. The molecule has 0 N–H and O–H groups in total. The van der Waals surface area contributed by atoms with Gasteiger partial charge in [-0.15, -0.1) is 0 Å². The molecule has 0 spiro atoms. The second-order valence-corrected chi connectivity index (χ2v) is 9.55. The quantitative estimate of drug-likeness (QED) is 0.480. The summed E-state index contributed by atoms with van der Waals surface area (Å²) in [5.41, 5.74) is 2.41. The highest BCUT2D eigenvalue weighted by atomic mass is 35.5. The predicted octanol–water partition coefficient (Wildman–Crippen LogP) is 4.93. The smallest absolute Gasteiger partial charge is 0.290 e. The molecule has 1 fully saturated rings. The average molecular weight is 501 g/mol. The van der Waals surface area contributed by atoms with Gasteiger partial charge < -0.3 is 14.1 Å². The molecule has 1 atom stereocenters. The molecule has 0 radical (unpaired) electrons. The average Bonchev–Trinajstić information content (AvgIpc) is 3.13. The fraction of sp³-hybridized carbons (Fsp3) is 0.385. The van der Waals surface area contributed by atoms with Gasteiger partial charge in [0.15, 0.2) is 5.43 Å². The van der Waals surface area contributed by atoms with Crippen LogP contribution >= 0.6 is 23.2 Å². The molecule has 0 saturated carbocycles. The Morgan fingerprint density at radius 1 is 1.00 bits per heavy atom. The minimum atomic E-state index is -0.576. The Morgan fingerprint density at radius 2 is 1.79 bits per heavy atom. The summed E-state index contributed by atoms with van der Waals surface area (Å²) in [5, 5.41) is 1.30. The minimum absolute atomic E-state index is 0.115.